The lowest BCUT2D eigenvalue weighted by molar-refractivity contribution is -0.151. The Kier molecular flexibility index (Phi) is 6.60. The topological polar surface area (TPSA) is 61.5 Å². The molecule has 0 radical (unpaired) electrons. The van der Waals surface area contributed by atoms with Crippen LogP contribution in [0, 0.1) is 5.41 Å². The van der Waals surface area contributed by atoms with E-state index < -0.39 is 0 Å². The molecule has 2 N–H and O–H groups in total. The van der Waals surface area contributed by atoms with Crippen molar-refractivity contribution >= 4 is 5.97 Å². The van der Waals surface area contributed by atoms with Gasteiger partial charge in [0.1, 0.15) is 6.10 Å². The number of hydrogen-bond donors (Lipinski definition) is 1. The van der Waals surface area contributed by atoms with E-state index >= 15 is 0 Å². The molecule has 0 saturated heterocycles. The predicted octanol–water partition coefficient (Wildman–Crippen LogP) is 1.72. The third-order valence-corrected chi connectivity index (χ3v) is 2.04. The van der Waals surface area contributed by atoms with Gasteiger partial charge in [0.15, 0.2) is 0 Å². The standard InChI is InChI=1S/C12H25NO3/c1-9(8-15-5)16-11(14)6-10(13)7-12(2,3)4/h9-10H,6-8,13H2,1-5H3. The summed E-state index contributed by atoms with van der Waals surface area (Å²) in [6, 6.07) is -0.137. The molecule has 0 aromatic rings. The lowest BCUT2D eigenvalue weighted by Gasteiger charge is -2.23. The molecule has 0 spiro atoms. The number of methoxy groups -OCH3 is 1. The second-order valence-electron chi connectivity index (χ2n) is 5.48. The van der Waals surface area contributed by atoms with Crippen LogP contribution in [0.3, 0.4) is 0 Å². The van der Waals surface area contributed by atoms with Crippen LogP contribution in [0.1, 0.15) is 40.5 Å². The molecule has 96 valence electrons. The second kappa shape index (κ2) is 6.86. The summed E-state index contributed by atoms with van der Waals surface area (Å²) in [4.78, 5) is 11.5. The van der Waals surface area contributed by atoms with Gasteiger partial charge in [0.25, 0.3) is 0 Å². The smallest absolute Gasteiger partial charge is 0.307 e. The zero-order valence-electron chi connectivity index (χ0n) is 11.1. The third-order valence-electron chi connectivity index (χ3n) is 2.04. The molecular weight excluding hydrogens is 206 g/mol. The maximum absolute atomic E-state index is 11.5. The monoisotopic (exact) mass is 231 g/mol. The molecule has 0 amide bonds. The zero-order chi connectivity index (χ0) is 12.8. The number of hydrogen-bond acceptors (Lipinski definition) is 4. The predicted molar refractivity (Wildman–Crippen MR) is 64.1 cm³/mol. The van der Waals surface area contributed by atoms with E-state index in [1.54, 1.807) is 14.0 Å². The van der Waals surface area contributed by atoms with Crippen molar-refractivity contribution in [3.8, 4) is 0 Å². The van der Waals surface area contributed by atoms with E-state index in [0.29, 0.717) is 6.61 Å². The average molecular weight is 231 g/mol. The van der Waals surface area contributed by atoms with Crippen molar-refractivity contribution in [1.29, 1.82) is 0 Å². The second-order valence-corrected chi connectivity index (χ2v) is 5.48. The summed E-state index contributed by atoms with van der Waals surface area (Å²) in [6.45, 7) is 8.53. The Labute approximate surface area is 98.5 Å². The highest BCUT2D eigenvalue weighted by molar-refractivity contribution is 5.70. The van der Waals surface area contributed by atoms with E-state index in [1.165, 1.54) is 0 Å². The number of esters is 1. The molecule has 0 aromatic carbocycles. The highest BCUT2D eigenvalue weighted by Gasteiger charge is 2.19. The van der Waals surface area contributed by atoms with Crippen molar-refractivity contribution in [2.24, 2.45) is 11.1 Å². The quantitative estimate of drug-likeness (QED) is 0.707. The van der Waals surface area contributed by atoms with Crippen LogP contribution in [-0.4, -0.2) is 31.8 Å². The Bertz CT molecular complexity index is 211. The fraction of sp³-hybridized carbons (Fsp3) is 0.917. The maximum Gasteiger partial charge on any atom is 0.307 e. The first kappa shape index (κ1) is 15.4. The average Bonchev–Trinajstić information content (AvgIpc) is 1.98. The molecule has 0 fully saturated rings. The molecule has 0 aliphatic carbocycles. The van der Waals surface area contributed by atoms with Crippen LogP contribution in [0.2, 0.25) is 0 Å². The van der Waals surface area contributed by atoms with Gasteiger partial charge < -0.3 is 15.2 Å². The highest BCUT2D eigenvalue weighted by atomic mass is 16.6. The summed E-state index contributed by atoms with van der Waals surface area (Å²) in [7, 11) is 1.58. The van der Waals surface area contributed by atoms with Crippen molar-refractivity contribution < 1.29 is 14.3 Å². The van der Waals surface area contributed by atoms with Gasteiger partial charge in [-0.25, -0.2) is 0 Å². The molecular formula is C12H25NO3. The fourth-order valence-electron chi connectivity index (χ4n) is 1.61. The molecule has 4 heteroatoms. The minimum absolute atomic E-state index is 0.137. The Morgan fingerprint density at radius 1 is 1.38 bits per heavy atom. The minimum Gasteiger partial charge on any atom is -0.460 e. The summed E-state index contributed by atoms with van der Waals surface area (Å²) in [5.74, 6) is -0.249. The lowest BCUT2D eigenvalue weighted by atomic mass is 9.87. The van der Waals surface area contributed by atoms with Crippen molar-refractivity contribution in [2.75, 3.05) is 13.7 Å². The Morgan fingerprint density at radius 3 is 2.38 bits per heavy atom. The van der Waals surface area contributed by atoms with E-state index in [9.17, 15) is 4.79 Å². The van der Waals surface area contributed by atoms with Crippen LogP contribution in [0.25, 0.3) is 0 Å². The van der Waals surface area contributed by atoms with Crippen molar-refractivity contribution in [3.63, 3.8) is 0 Å². The fourth-order valence-corrected chi connectivity index (χ4v) is 1.61. The molecule has 0 aromatic heterocycles. The van der Waals surface area contributed by atoms with Crippen LogP contribution in [-0.2, 0) is 14.3 Å². The number of rotatable bonds is 6. The molecule has 16 heavy (non-hydrogen) atoms. The van der Waals surface area contributed by atoms with E-state index in [2.05, 4.69) is 20.8 Å². The Morgan fingerprint density at radius 2 is 1.94 bits per heavy atom. The van der Waals surface area contributed by atoms with E-state index in [0.717, 1.165) is 6.42 Å². The molecule has 0 aliphatic heterocycles. The van der Waals surface area contributed by atoms with Gasteiger partial charge in [-0.3, -0.25) is 4.79 Å². The van der Waals surface area contributed by atoms with Gasteiger partial charge in [0, 0.05) is 13.2 Å². The van der Waals surface area contributed by atoms with Crippen LogP contribution in [0.5, 0.6) is 0 Å². The maximum atomic E-state index is 11.5. The van der Waals surface area contributed by atoms with E-state index in [-0.39, 0.29) is 30.0 Å². The first-order valence-corrected chi connectivity index (χ1v) is 5.68. The largest absolute Gasteiger partial charge is 0.460 e. The van der Waals surface area contributed by atoms with Crippen molar-refractivity contribution in [1.82, 2.24) is 0 Å². The minimum atomic E-state index is -0.249. The molecule has 0 rings (SSSR count). The summed E-state index contributed by atoms with van der Waals surface area (Å²) in [6.07, 6.45) is 0.867. The summed E-state index contributed by atoms with van der Waals surface area (Å²) < 4.78 is 10.0. The molecule has 2 atom stereocenters. The highest BCUT2D eigenvalue weighted by Crippen LogP contribution is 2.21. The normalized spacial score (nSPS) is 15.6. The summed E-state index contributed by atoms with van der Waals surface area (Å²) in [5.41, 5.74) is 6.02. The Balaban J connectivity index is 3.87. The van der Waals surface area contributed by atoms with Gasteiger partial charge in [-0.05, 0) is 18.8 Å². The van der Waals surface area contributed by atoms with Gasteiger partial charge >= 0.3 is 5.97 Å². The van der Waals surface area contributed by atoms with Gasteiger partial charge in [0.05, 0.1) is 13.0 Å². The van der Waals surface area contributed by atoms with E-state index in [4.69, 9.17) is 15.2 Å². The molecule has 0 heterocycles. The molecule has 0 aliphatic rings. The van der Waals surface area contributed by atoms with Crippen LogP contribution >= 0.6 is 0 Å². The summed E-state index contributed by atoms with van der Waals surface area (Å²) >= 11 is 0. The van der Waals surface area contributed by atoms with Crippen LogP contribution in [0.15, 0.2) is 0 Å². The van der Waals surface area contributed by atoms with Gasteiger partial charge in [-0.1, -0.05) is 20.8 Å². The number of carbonyl (C=O) groups is 1. The lowest BCUT2D eigenvalue weighted by Crippen LogP contribution is -2.31. The number of carbonyl (C=O) groups excluding carboxylic acids is 1. The summed E-state index contributed by atoms with van der Waals surface area (Å²) in [5, 5.41) is 0. The zero-order valence-corrected chi connectivity index (χ0v) is 11.1. The SMILES string of the molecule is COCC(C)OC(=O)CC(N)CC(C)(C)C. The number of ether oxygens (including phenoxy) is 2. The molecule has 0 bridgehead atoms. The number of nitrogens with two attached hydrogens (primary N) is 1. The van der Waals surface area contributed by atoms with Gasteiger partial charge in [-0.2, -0.15) is 0 Å². The first-order chi connectivity index (χ1) is 7.24. The van der Waals surface area contributed by atoms with Crippen molar-refractivity contribution in [2.45, 2.75) is 52.7 Å². The molecule has 2 unspecified atom stereocenters. The van der Waals surface area contributed by atoms with Gasteiger partial charge in [0.2, 0.25) is 0 Å². The van der Waals surface area contributed by atoms with E-state index in [1.807, 2.05) is 0 Å². The van der Waals surface area contributed by atoms with Crippen LogP contribution < -0.4 is 5.73 Å². The van der Waals surface area contributed by atoms with Crippen LogP contribution in [0.4, 0.5) is 0 Å². The molecule has 4 nitrogen and oxygen atoms in total. The Hall–Kier alpha value is -0.610. The first-order valence-electron chi connectivity index (χ1n) is 5.68. The third kappa shape index (κ3) is 8.68. The molecule has 0 saturated carbocycles. The van der Waals surface area contributed by atoms with Crippen molar-refractivity contribution in [3.05, 3.63) is 0 Å². The van der Waals surface area contributed by atoms with Gasteiger partial charge in [-0.15, -0.1) is 0 Å².